The molecular formula is C14H19N. The van der Waals surface area contributed by atoms with Crippen LogP contribution in [-0.4, -0.2) is 0 Å². The van der Waals surface area contributed by atoms with Gasteiger partial charge in [-0.05, 0) is 0 Å². The standard InChI is InChI=1S/C12H13N.C2H6/c1-4-10-12(2,13-3)11-8-6-5-7-9-11;1-2/h4-9H,1,10H2,2H3;1-2H3. The first-order valence-electron chi connectivity index (χ1n) is 5.28. The molecule has 0 amide bonds. The first-order chi connectivity index (χ1) is 7.23. The molecule has 0 aliphatic heterocycles. The zero-order valence-corrected chi connectivity index (χ0v) is 9.83. The number of hydrogen-bond acceptors (Lipinski definition) is 0. The Hall–Kier alpha value is -1.55. The summed E-state index contributed by atoms with van der Waals surface area (Å²) >= 11 is 0. The van der Waals surface area contributed by atoms with Crippen LogP contribution in [0.2, 0.25) is 0 Å². The first kappa shape index (κ1) is 13.4. The monoisotopic (exact) mass is 201 g/mol. The van der Waals surface area contributed by atoms with Crippen molar-refractivity contribution in [2.45, 2.75) is 32.7 Å². The lowest BCUT2D eigenvalue weighted by atomic mass is 9.90. The molecule has 0 aromatic heterocycles. The normalized spacial score (nSPS) is 12.7. The number of benzene rings is 1. The van der Waals surface area contributed by atoms with Crippen molar-refractivity contribution in [2.75, 3.05) is 0 Å². The summed E-state index contributed by atoms with van der Waals surface area (Å²) in [7, 11) is 0. The quantitative estimate of drug-likeness (QED) is 0.503. The van der Waals surface area contributed by atoms with Gasteiger partial charge in [-0.3, -0.25) is 0 Å². The van der Waals surface area contributed by atoms with Gasteiger partial charge < -0.3 is 4.85 Å². The molecule has 80 valence electrons. The molecule has 0 heterocycles. The predicted octanol–water partition coefficient (Wildman–Crippen LogP) is 4.42. The van der Waals surface area contributed by atoms with E-state index in [4.69, 9.17) is 6.57 Å². The lowest BCUT2D eigenvalue weighted by Crippen LogP contribution is -2.15. The summed E-state index contributed by atoms with van der Waals surface area (Å²) in [5, 5.41) is 0. The van der Waals surface area contributed by atoms with Gasteiger partial charge in [-0.15, -0.1) is 6.58 Å². The van der Waals surface area contributed by atoms with E-state index in [2.05, 4.69) is 11.4 Å². The molecule has 0 saturated heterocycles. The Morgan fingerprint density at radius 3 is 2.27 bits per heavy atom. The van der Waals surface area contributed by atoms with E-state index in [0.29, 0.717) is 6.42 Å². The molecule has 0 fully saturated rings. The van der Waals surface area contributed by atoms with Gasteiger partial charge in [0.15, 0.2) is 0 Å². The van der Waals surface area contributed by atoms with Gasteiger partial charge in [-0.1, -0.05) is 50.3 Å². The van der Waals surface area contributed by atoms with Crippen LogP contribution in [0.5, 0.6) is 0 Å². The summed E-state index contributed by atoms with van der Waals surface area (Å²) in [6.45, 7) is 16.8. The van der Waals surface area contributed by atoms with Crippen molar-refractivity contribution in [3.05, 3.63) is 60.0 Å². The second-order valence-electron chi connectivity index (χ2n) is 3.24. The third-order valence-corrected chi connectivity index (χ3v) is 2.18. The van der Waals surface area contributed by atoms with Gasteiger partial charge in [0.1, 0.15) is 0 Å². The highest BCUT2D eigenvalue weighted by molar-refractivity contribution is 5.27. The summed E-state index contributed by atoms with van der Waals surface area (Å²) in [6.07, 6.45) is 2.49. The molecule has 0 aliphatic rings. The Bertz CT molecular complexity index is 321. The van der Waals surface area contributed by atoms with Gasteiger partial charge in [0.05, 0.1) is 0 Å². The number of hydrogen-bond donors (Lipinski definition) is 0. The Balaban J connectivity index is 0.000000921. The minimum atomic E-state index is -0.441. The van der Waals surface area contributed by atoms with E-state index >= 15 is 0 Å². The van der Waals surface area contributed by atoms with Gasteiger partial charge >= 0.3 is 0 Å². The van der Waals surface area contributed by atoms with Crippen molar-refractivity contribution >= 4 is 0 Å². The van der Waals surface area contributed by atoms with E-state index in [1.165, 1.54) is 0 Å². The van der Waals surface area contributed by atoms with E-state index in [-0.39, 0.29) is 0 Å². The van der Waals surface area contributed by atoms with E-state index in [9.17, 15) is 0 Å². The highest BCUT2D eigenvalue weighted by atomic mass is 14.8. The maximum absolute atomic E-state index is 7.17. The van der Waals surface area contributed by atoms with Crippen LogP contribution in [0.4, 0.5) is 0 Å². The van der Waals surface area contributed by atoms with Crippen molar-refractivity contribution in [3.63, 3.8) is 0 Å². The molecule has 0 radical (unpaired) electrons. The minimum absolute atomic E-state index is 0.441. The summed E-state index contributed by atoms with van der Waals surface area (Å²) in [5.41, 5.74) is 0.619. The maximum Gasteiger partial charge on any atom is 0.258 e. The number of nitrogens with zero attached hydrogens (tertiary/aromatic N) is 1. The molecule has 15 heavy (non-hydrogen) atoms. The van der Waals surface area contributed by atoms with Crippen LogP contribution in [0, 0.1) is 6.57 Å². The van der Waals surface area contributed by atoms with Gasteiger partial charge in [-0.2, -0.15) is 0 Å². The van der Waals surface area contributed by atoms with Crippen molar-refractivity contribution in [1.82, 2.24) is 0 Å². The molecule has 0 N–H and O–H groups in total. The van der Waals surface area contributed by atoms with Crippen LogP contribution in [0.25, 0.3) is 4.85 Å². The molecular weight excluding hydrogens is 182 g/mol. The molecule has 1 rings (SSSR count). The second kappa shape index (κ2) is 6.84. The fourth-order valence-corrected chi connectivity index (χ4v) is 1.31. The van der Waals surface area contributed by atoms with Gasteiger partial charge in [0.2, 0.25) is 0 Å². The third-order valence-electron chi connectivity index (χ3n) is 2.18. The minimum Gasteiger partial charge on any atom is -0.305 e. The van der Waals surface area contributed by atoms with Crippen LogP contribution in [0.3, 0.4) is 0 Å². The molecule has 0 aliphatic carbocycles. The van der Waals surface area contributed by atoms with E-state index in [0.717, 1.165) is 5.56 Å². The van der Waals surface area contributed by atoms with E-state index in [1.807, 2.05) is 51.1 Å². The Labute approximate surface area is 93.3 Å². The first-order valence-corrected chi connectivity index (χ1v) is 5.28. The van der Waals surface area contributed by atoms with Gasteiger partial charge in [0, 0.05) is 18.9 Å². The average molecular weight is 201 g/mol. The summed E-state index contributed by atoms with van der Waals surface area (Å²) in [6, 6.07) is 9.86. The van der Waals surface area contributed by atoms with Crippen molar-refractivity contribution in [1.29, 1.82) is 0 Å². The summed E-state index contributed by atoms with van der Waals surface area (Å²) in [5.74, 6) is 0. The second-order valence-corrected chi connectivity index (χ2v) is 3.24. The van der Waals surface area contributed by atoms with Crippen LogP contribution in [-0.2, 0) is 5.54 Å². The highest BCUT2D eigenvalue weighted by Gasteiger charge is 2.30. The highest BCUT2D eigenvalue weighted by Crippen LogP contribution is 2.29. The van der Waals surface area contributed by atoms with Crippen molar-refractivity contribution in [2.24, 2.45) is 0 Å². The van der Waals surface area contributed by atoms with E-state index in [1.54, 1.807) is 6.08 Å². The lowest BCUT2D eigenvalue weighted by Gasteiger charge is -2.14. The van der Waals surface area contributed by atoms with Crippen LogP contribution < -0.4 is 0 Å². The SMILES string of the molecule is CC.[C-]#[N+]C(C)(CC=C)c1ccccc1. The van der Waals surface area contributed by atoms with Crippen LogP contribution in [0.1, 0.15) is 32.8 Å². The van der Waals surface area contributed by atoms with Crippen molar-refractivity contribution in [3.8, 4) is 0 Å². The Kier molecular flexibility index (Phi) is 6.13. The molecule has 1 heteroatoms. The molecule has 1 aromatic carbocycles. The fourth-order valence-electron chi connectivity index (χ4n) is 1.31. The van der Waals surface area contributed by atoms with Crippen LogP contribution >= 0.6 is 0 Å². The Morgan fingerprint density at radius 2 is 1.87 bits per heavy atom. The molecule has 0 spiro atoms. The largest absolute Gasteiger partial charge is 0.305 e. The molecule has 1 unspecified atom stereocenters. The van der Waals surface area contributed by atoms with Crippen LogP contribution in [0.15, 0.2) is 43.0 Å². The van der Waals surface area contributed by atoms with E-state index < -0.39 is 5.54 Å². The molecule has 0 bridgehead atoms. The number of rotatable bonds is 3. The molecule has 1 atom stereocenters. The van der Waals surface area contributed by atoms with Gasteiger partial charge in [-0.25, -0.2) is 6.57 Å². The van der Waals surface area contributed by atoms with Gasteiger partial charge in [0.25, 0.3) is 5.54 Å². The summed E-state index contributed by atoms with van der Waals surface area (Å²) in [4.78, 5) is 3.66. The molecule has 1 aromatic rings. The lowest BCUT2D eigenvalue weighted by molar-refractivity contribution is 0.600. The topological polar surface area (TPSA) is 4.36 Å². The smallest absolute Gasteiger partial charge is 0.258 e. The molecule has 1 nitrogen and oxygen atoms in total. The fraction of sp³-hybridized carbons (Fsp3) is 0.357. The maximum atomic E-state index is 7.17. The molecule has 0 saturated carbocycles. The third kappa shape index (κ3) is 3.59. The zero-order valence-electron chi connectivity index (χ0n) is 9.83. The summed E-state index contributed by atoms with van der Waals surface area (Å²) < 4.78 is 0. The van der Waals surface area contributed by atoms with Crippen molar-refractivity contribution < 1.29 is 0 Å². The Morgan fingerprint density at radius 1 is 1.33 bits per heavy atom. The predicted molar refractivity (Wildman–Crippen MR) is 66.6 cm³/mol. The average Bonchev–Trinajstić information content (AvgIpc) is 2.33. The zero-order chi connectivity index (χ0) is 11.7.